The highest BCUT2D eigenvalue weighted by Gasteiger charge is 2.34. The molecule has 2 saturated heterocycles. The summed E-state index contributed by atoms with van der Waals surface area (Å²) >= 11 is 5.75. The number of benzene rings is 1. The number of sulfone groups is 1. The van der Waals surface area contributed by atoms with E-state index in [1.807, 2.05) is 0 Å². The SMILES string of the molecule is O=C(COc1ccc(Cl)cc1[N+](=O)[O-])N1CCN(C2CCS(=O)(=O)C2)CC1. The Balaban J connectivity index is 1.51. The van der Waals surface area contributed by atoms with Crippen LogP contribution in [0.4, 0.5) is 5.69 Å². The van der Waals surface area contributed by atoms with E-state index in [1.165, 1.54) is 18.2 Å². The second-order valence-corrected chi connectivity index (χ2v) is 9.30. The first kappa shape index (κ1) is 19.8. The van der Waals surface area contributed by atoms with Crippen molar-refractivity contribution in [2.24, 2.45) is 0 Å². The van der Waals surface area contributed by atoms with Crippen molar-refractivity contribution in [2.75, 3.05) is 44.3 Å². The van der Waals surface area contributed by atoms with Gasteiger partial charge in [-0.3, -0.25) is 19.8 Å². The van der Waals surface area contributed by atoms with Crippen molar-refractivity contribution in [3.63, 3.8) is 0 Å². The molecule has 1 aromatic carbocycles. The van der Waals surface area contributed by atoms with Gasteiger partial charge in [0.25, 0.3) is 5.91 Å². The molecular formula is C16H20ClN3O6S. The monoisotopic (exact) mass is 417 g/mol. The van der Waals surface area contributed by atoms with E-state index in [9.17, 15) is 23.3 Å². The quantitative estimate of drug-likeness (QED) is 0.518. The molecule has 0 aliphatic carbocycles. The van der Waals surface area contributed by atoms with Crippen LogP contribution in [0.25, 0.3) is 0 Å². The lowest BCUT2D eigenvalue weighted by molar-refractivity contribution is -0.385. The Hall–Kier alpha value is -1.91. The van der Waals surface area contributed by atoms with E-state index in [0.29, 0.717) is 32.6 Å². The zero-order valence-electron chi connectivity index (χ0n) is 14.5. The highest BCUT2D eigenvalue weighted by Crippen LogP contribution is 2.30. The van der Waals surface area contributed by atoms with Crippen molar-refractivity contribution in [2.45, 2.75) is 12.5 Å². The number of nitrogens with zero attached hydrogens (tertiary/aromatic N) is 3. The summed E-state index contributed by atoms with van der Waals surface area (Å²) in [6.07, 6.45) is 0.639. The Morgan fingerprint density at radius 1 is 1.30 bits per heavy atom. The third-order valence-corrected chi connectivity index (χ3v) is 6.85. The Kier molecular flexibility index (Phi) is 5.87. The summed E-state index contributed by atoms with van der Waals surface area (Å²) in [6, 6.07) is 4.03. The van der Waals surface area contributed by atoms with E-state index in [1.54, 1.807) is 4.90 Å². The molecular weight excluding hydrogens is 398 g/mol. The van der Waals surface area contributed by atoms with Crippen LogP contribution in [0.3, 0.4) is 0 Å². The van der Waals surface area contributed by atoms with Gasteiger partial charge in [-0.05, 0) is 18.6 Å². The molecule has 3 rings (SSSR count). The highest BCUT2D eigenvalue weighted by atomic mass is 35.5. The molecule has 1 unspecified atom stereocenters. The van der Waals surface area contributed by atoms with Gasteiger partial charge in [-0.1, -0.05) is 11.6 Å². The summed E-state index contributed by atoms with van der Waals surface area (Å²) in [6.45, 7) is 1.85. The van der Waals surface area contributed by atoms with Crippen molar-refractivity contribution in [3.8, 4) is 5.75 Å². The Morgan fingerprint density at radius 3 is 2.59 bits per heavy atom. The lowest BCUT2D eigenvalue weighted by Gasteiger charge is -2.37. The maximum atomic E-state index is 12.3. The standard InChI is InChI=1S/C16H20ClN3O6S/c17-12-1-2-15(14(9-12)20(22)23)26-10-16(21)19-6-4-18(5-7-19)13-3-8-27(24,25)11-13/h1-2,9,13H,3-8,10-11H2. The van der Waals surface area contributed by atoms with E-state index >= 15 is 0 Å². The molecule has 148 valence electrons. The average molecular weight is 418 g/mol. The van der Waals surface area contributed by atoms with E-state index in [-0.39, 0.29) is 46.5 Å². The molecule has 1 atom stereocenters. The molecule has 0 spiro atoms. The van der Waals surface area contributed by atoms with Crippen LogP contribution in [0.1, 0.15) is 6.42 Å². The van der Waals surface area contributed by atoms with E-state index in [4.69, 9.17) is 16.3 Å². The second kappa shape index (κ2) is 7.99. The molecule has 0 bridgehead atoms. The van der Waals surface area contributed by atoms with E-state index in [2.05, 4.69) is 4.90 Å². The van der Waals surface area contributed by atoms with E-state index in [0.717, 1.165) is 0 Å². The molecule has 2 fully saturated rings. The summed E-state index contributed by atoms with van der Waals surface area (Å²) < 4.78 is 28.6. The number of amides is 1. The molecule has 0 saturated carbocycles. The fourth-order valence-electron chi connectivity index (χ4n) is 3.39. The van der Waals surface area contributed by atoms with Gasteiger partial charge in [0, 0.05) is 43.3 Å². The maximum absolute atomic E-state index is 12.3. The normalized spacial score (nSPS) is 22.6. The Labute approximate surface area is 161 Å². The number of rotatable bonds is 5. The minimum atomic E-state index is -2.93. The number of ether oxygens (including phenoxy) is 1. The van der Waals surface area contributed by atoms with Crippen molar-refractivity contribution in [3.05, 3.63) is 33.3 Å². The number of hydrogen-bond acceptors (Lipinski definition) is 7. The molecule has 2 aliphatic rings. The summed E-state index contributed by atoms with van der Waals surface area (Å²) in [5.74, 6) is 0.139. The van der Waals surface area contributed by atoms with Crippen LogP contribution < -0.4 is 4.74 Å². The third-order valence-electron chi connectivity index (χ3n) is 4.86. The minimum Gasteiger partial charge on any atom is -0.477 e. The lowest BCUT2D eigenvalue weighted by atomic mass is 10.2. The predicted molar refractivity (Wildman–Crippen MR) is 98.8 cm³/mol. The van der Waals surface area contributed by atoms with Crippen LogP contribution >= 0.6 is 11.6 Å². The molecule has 2 aliphatic heterocycles. The summed E-state index contributed by atoms with van der Waals surface area (Å²) in [4.78, 5) is 26.5. The van der Waals surface area contributed by atoms with Gasteiger partial charge in [0.2, 0.25) is 0 Å². The maximum Gasteiger partial charge on any atom is 0.312 e. The Bertz CT molecular complexity index is 839. The van der Waals surface area contributed by atoms with Gasteiger partial charge in [0.15, 0.2) is 22.2 Å². The van der Waals surface area contributed by atoms with Gasteiger partial charge >= 0.3 is 5.69 Å². The Morgan fingerprint density at radius 2 is 2.00 bits per heavy atom. The topological polar surface area (TPSA) is 110 Å². The van der Waals surface area contributed by atoms with Crippen LogP contribution in [0.5, 0.6) is 5.75 Å². The van der Waals surface area contributed by atoms with Gasteiger partial charge < -0.3 is 9.64 Å². The molecule has 2 heterocycles. The van der Waals surface area contributed by atoms with Crippen LogP contribution in [-0.2, 0) is 14.6 Å². The van der Waals surface area contributed by atoms with Crippen molar-refractivity contribution in [1.82, 2.24) is 9.80 Å². The van der Waals surface area contributed by atoms with Crippen LogP contribution in [0.15, 0.2) is 18.2 Å². The second-order valence-electron chi connectivity index (χ2n) is 6.63. The van der Waals surface area contributed by atoms with Gasteiger partial charge in [0.1, 0.15) is 0 Å². The van der Waals surface area contributed by atoms with Gasteiger partial charge in [-0.2, -0.15) is 0 Å². The van der Waals surface area contributed by atoms with Gasteiger partial charge in [-0.15, -0.1) is 0 Å². The van der Waals surface area contributed by atoms with Crippen molar-refractivity contribution in [1.29, 1.82) is 0 Å². The zero-order chi connectivity index (χ0) is 19.6. The number of carbonyl (C=O) groups is 1. The number of nitro groups is 1. The van der Waals surface area contributed by atoms with E-state index < -0.39 is 14.8 Å². The first-order valence-corrected chi connectivity index (χ1v) is 10.7. The molecule has 1 amide bonds. The summed E-state index contributed by atoms with van der Waals surface area (Å²) in [5.41, 5.74) is -0.289. The highest BCUT2D eigenvalue weighted by molar-refractivity contribution is 7.91. The summed E-state index contributed by atoms with van der Waals surface area (Å²) in [5, 5.41) is 11.3. The zero-order valence-corrected chi connectivity index (χ0v) is 16.1. The molecule has 0 aromatic heterocycles. The number of halogens is 1. The smallest absolute Gasteiger partial charge is 0.312 e. The first-order valence-electron chi connectivity index (χ1n) is 8.54. The van der Waals surface area contributed by atoms with Crippen LogP contribution in [0.2, 0.25) is 5.02 Å². The first-order chi connectivity index (χ1) is 12.7. The fourth-order valence-corrected chi connectivity index (χ4v) is 5.31. The van der Waals surface area contributed by atoms with Gasteiger partial charge in [-0.25, -0.2) is 8.42 Å². The number of piperazine rings is 1. The fraction of sp³-hybridized carbons (Fsp3) is 0.562. The predicted octanol–water partition coefficient (Wildman–Crippen LogP) is 0.958. The minimum absolute atomic E-state index is 0.00690. The number of hydrogen-bond donors (Lipinski definition) is 0. The third kappa shape index (κ3) is 4.88. The van der Waals surface area contributed by atoms with Crippen LogP contribution in [-0.4, -0.2) is 79.4 Å². The van der Waals surface area contributed by atoms with Gasteiger partial charge in [0.05, 0.1) is 16.4 Å². The van der Waals surface area contributed by atoms with Crippen molar-refractivity contribution >= 4 is 33.0 Å². The lowest BCUT2D eigenvalue weighted by Crippen LogP contribution is -2.53. The largest absolute Gasteiger partial charge is 0.477 e. The molecule has 11 heteroatoms. The van der Waals surface area contributed by atoms with Crippen LogP contribution in [0, 0.1) is 10.1 Å². The molecule has 0 radical (unpaired) electrons. The number of carbonyl (C=O) groups excluding carboxylic acids is 1. The molecule has 0 N–H and O–H groups in total. The average Bonchev–Trinajstić information content (AvgIpc) is 3.00. The molecule has 1 aromatic rings. The summed E-state index contributed by atoms with van der Waals surface area (Å²) in [7, 11) is -2.93. The molecule has 27 heavy (non-hydrogen) atoms. The molecule has 9 nitrogen and oxygen atoms in total. The van der Waals surface area contributed by atoms with Crippen molar-refractivity contribution < 1.29 is 22.9 Å². The number of nitro benzene ring substituents is 1.